The summed E-state index contributed by atoms with van der Waals surface area (Å²) in [6.07, 6.45) is 0. The van der Waals surface area contributed by atoms with Gasteiger partial charge in [0.1, 0.15) is 5.82 Å². The molecule has 0 aliphatic rings. The van der Waals surface area contributed by atoms with Gasteiger partial charge in [0.25, 0.3) is 0 Å². The van der Waals surface area contributed by atoms with Crippen LogP contribution >= 0.6 is 0 Å². The summed E-state index contributed by atoms with van der Waals surface area (Å²) in [7, 11) is 1.96. The molecule has 17 heavy (non-hydrogen) atoms. The Balaban J connectivity index is 2.19. The van der Waals surface area contributed by atoms with Crippen LogP contribution in [-0.4, -0.2) is 39.7 Å². The maximum atomic E-state index is 9.07. The van der Waals surface area contributed by atoms with Crippen molar-refractivity contribution < 1.29 is 5.11 Å². The minimum absolute atomic E-state index is 0.119. The topological polar surface area (TPSA) is 78.2 Å². The minimum atomic E-state index is 0.119. The van der Waals surface area contributed by atoms with E-state index < -0.39 is 0 Å². The molecule has 1 aromatic heterocycles. The molecule has 0 aliphatic heterocycles. The number of aromatic amines is 1. The predicted molar refractivity (Wildman–Crippen MR) is 68.5 cm³/mol. The SMILES string of the molecule is CC(CO)N(C)Cc1nc2ccc(N)cc2[nH]1. The Labute approximate surface area is 100 Å². The summed E-state index contributed by atoms with van der Waals surface area (Å²) in [5.74, 6) is 0.883. The molecule has 1 aromatic carbocycles. The van der Waals surface area contributed by atoms with Crippen molar-refractivity contribution in [3.8, 4) is 0 Å². The first-order valence-corrected chi connectivity index (χ1v) is 5.65. The van der Waals surface area contributed by atoms with Crippen LogP contribution in [-0.2, 0) is 6.54 Å². The fourth-order valence-corrected chi connectivity index (χ4v) is 1.69. The van der Waals surface area contributed by atoms with E-state index in [1.165, 1.54) is 0 Å². The molecule has 0 saturated heterocycles. The Hall–Kier alpha value is -1.59. The molecule has 1 atom stereocenters. The highest BCUT2D eigenvalue weighted by Crippen LogP contribution is 2.15. The Morgan fingerprint density at radius 2 is 2.29 bits per heavy atom. The number of rotatable bonds is 4. The molecule has 0 amide bonds. The predicted octanol–water partition coefficient (Wildman–Crippen LogP) is 0.958. The summed E-state index contributed by atoms with van der Waals surface area (Å²) >= 11 is 0. The number of hydrogen-bond donors (Lipinski definition) is 3. The van der Waals surface area contributed by atoms with E-state index in [1.54, 1.807) is 0 Å². The molecule has 0 aliphatic carbocycles. The molecule has 0 spiro atoms. The van der Waals surface area contributed by atoms with Crippen LogP contribution in [0.4, 0.5) is 5.69 Å². The van der Waals surface area contributed by atoms with Gasteiger partial charge in [-0.3, -0.25) is 4.90 Å². The van der Waals surface area contributed by atoms with Crippen molar-refractivity contribution in [1.82, 2.24) is 14.9 Å². The number of nitrogens with two attached hydrogens (primary N) is 1. The van der Waals surface area contributed by atoms with Crippen molar-refractivity contribution in [2.75, 3.05) is 19.4 Å². The average Bonchev–Trinajstić information content (AvgIpc) is 2.69. The van der Waals surface area contributed by atoms with Crippen LogP contribution in [0.2, 0.25) is 0 Å². The molecule has 0 fully saturated rings. The first-order valence-electron chi connectivity index (χ1n) is 5.65. The number of nitrogen functional groups attached to an aromatic ring is 1. The van der Waals surface area contributed by atoms with Gasteiger partial charge in [0.2, 0.25) is 0 Å². The molecule has 2 aromatic rings. The summed E-state index contributed by atoms with van der Waals surface area (Å²) in [6, 6.07) is 5.74. The third-order valence-electron chi connectivity index (χ3n) is 2.97. The Morgan fingerprint density at radius 1 is 1.53 bits per heavy atom. The van der Waals surface area contributed by atoms with Crippen molar-refractivity contribution >= 4 is 16.7 Å². The summed E-state index contributed by atoms with van der Waals surface area (Å²) in [4.78, 5) is 9.75. The van der Waals surface area contributed by atoms with Crippen LogP contribution in [0.1, 0.15) is 12.7 Å². The van der Waals surface area contributed by atoms with E-state index in [-0.39, 0.29) is 12.6 Å². The zero-order chi connectivity index (χ0) is 12.4. The van der Waals surface area contributed by atoms with Gasteiger partial charge >= 0.3 is 0 Å². The quantitative estimate of drug-likeness (QED) is 0.688. The highest BCUT2D eigenvalue weighted by molar-refractivity contribution is 5.78. The fourth-order valence-electron chi connectivity index (χ4n) is 1.69. The second-order valence-corrected chi connectivity index (χ2v) is 4.41. The Morgan fingerprint density at radius 3 is 3.00 bits per heavy atom. The third kappa shape index (κ3) is 2.57. The van der Waals surface area contributed by atoms with E-state index in [9.17, 15) is 0 Å². The maximum Gasteiger partial charge on any atom is 0.121 e. The Bertz CT molecular complexity index is 508. The lowest BCUT2D eigenvalue weighted by atomic mass is 10.3. The molecule has 0 radical (unpaired) electrons. The minimum Gasteiger partial charge on any atom is -0.399 e. The molecule has 5 nitrogen and oxygen atoms in total. The number of aliphatic hydroxyl groups excluding tert-OH is 1. The molecule has 5 heteroatoms. The van der Waals surface area contributed by atoms with Crippen LogP contribution in [0.5, 0.6) is 0 Å². The van der Waals surface area contributed by atoms with Gasteiger partial charge in [0.05, 0.1) is 24.2 Å². The Kier molecular flexibility index (Phi) is 3.31. The van der Waals surface area contributed by atoms with Gasteiger partial charge in [-0.2, -0.15) is 0 Å². The number of hydrogen-bond acceptors (Lipinski definition) is 4. The molecule has 1 unspecified atom stereocenters. The van der Waals surface area contributed by atoms with Crippen molar-refractivity contribution in [1.29, 1.82) is 0 Å². The van der Waals surface area contributed by atoms with Gasteiger partial charge in [0, 0.05) is 11.7 Å². The van der Waals surface area contributed by atoms with Crippen molar-refractivity contribution in [3.63, 3.8) is 0 Å². The van der Waals surface area contributed by atoms with Crippen molar-refractivity contribution in [2.24, 2.45) is 0 Å². The van der Waals surface area contributed by atoms with Crippen LogP contribution in [0.15, 0.2) is 18.2 Å². The summed E-state index contributed by atoms with van der Waals surface area (Å²) in [5.41, 5.74) is 8.30. The zero-order valence-corrected chi connectivity index (χ0v) is 10.1. The molecule has 0 saturated carbocycles. The van der Waals surface area contributed by atoms with Gasteiger partial charge in [0.15, 0.2) is 0 Å². The molecule has 4 N–H and O–H groups in total. The van der Waals surface area contributed by atoms with Crippen molar-refractivity contribution in [3.05, 3.63) is 24.0 Å². The van der Waals surface area contributed by atoms with Gasteiger partial charge in [-0.05, 0) is 32.2 Å². The number of aliphatic hydroxyl groups is 1. The first kappa shape index (κ1) is 11.9. The smallest absolute Gasteiger partial charge is 0.121 e. The number of likely N-dealkylation sites (N-methyl/N-ethyl adjacent to an activating group) is 1. The van der Waals surface area contributed by atoms with Crippen LogP contribution in [0, 0.1) is 0 Å². The standard InChI is InChI=1S/C12H18N4O/c1-8(7-17)16(2)6-12-14-10-4-3-9(13)5-11(10)15-12/h3-5,8,17H,6-7,13H2,1-2H3,(H,14,15). The molecule has 0 bridgehead atoms. The number of imidazole rings is 1. The van der Waals surface area contributed by atoms with Crippen LogP contribution in [0.3, 0.4) is 0 Å². The normalized spacial score (nSPS) is 13.4. The third-order valence-corrected chi connectivity index (χ3v) is 2.97. The number of aromatic nitrogens is 2. The number of anilines is 1. The molecular formula is C12H18N4O. The van der Waals surface area contributed by atoms with Gasteiger partial charge < -0.3 is 15.8 Å². The van der Waals surface area contributed by atoms with Crippen molar-refractivity contribution in [2.45, 2.75) is 19.5 Å². The number of nitrogens with one attached hydrogen (secondary N) is 1. The van der Waals surface area contributed by atoms with E-state index in [0.29, 0.717) is 6.54 Å². The highest BCUT2D eigenvalue weighted by atomic mass is 16.3. The summed E-state index contributed by atoms with van der Waals surface area (Å²) < 4.78 is 0. The largest absolute Gasteiger partial charge is 0.399 e. The second-order valence-electron chi connectivity index (χ2n) is 4.41. The zero-order valence-electron chi connectivity index (χ0n) is 10.1. The lowest BCUT2D eigenvalue weighted by Gasteiger charge is -2.21. The van der Waals surface area contributed by atoms with E-state index in [0.717, 1.165) is 22.5 Å². The highest BCUT2D eigenvalue weighted by Gasteiger charge is 2.10. The van der Waals surface area contributed by atoms with Gasteiger partial charge in [-0.1, -0.05) is 0 Å². The van der Waals surface area contributed by atoms with Gasteiger partial charge in [-0.15, -0.1) is 0 Å². The first-order chi connectivity index (χ1) is 8.10. The average molecular weight is 234 g/mol. The summed E-state index contributed by atoms with van der Waals surface area (Å²) in [6.45, 7) is 2.79. The molecular weight excluding hydrogens is 216 g/mol. The van der Waals surface area contributed by atoms with E-state index in [2.05, 4.69) is 9.97 Å². The lowest BCUT2D eigenvalue weighted by Crippen LogP contribution is -2.31. The van der Waals surface area contributed by atoms with Gasteiger partial charge in [-0.25, -0.2) is 4.98 Å². The van der Waals surface area contributed by atoms with Crippen LogP contribution < -0.4 is 5.73 Å². The lowest BCUT2D eigenvalue weighted by molar-refractivity contribution is 0.152. The van der Waals surface area contributed by atoms with E-state index >= 15 is 0 Å². The fraction of sp³-hybridized carbons (Fsp3) is 0.417. The number of benzene rings is 1. The number of fused-ring (bicyclic) bond motifs is 1. The van der Waals surface area contributed by atoms with E-state index in [4.69, 9.17) is 10.8 Å². The van der Waals surface area contributed by atoms with E-state index in [1.807, 2.05) is 37.1 Å². The number of H-pyrrole nitrogens is 1. The molecule has 1 heterocycles. The number of nitrogens with zero attached hydrogens (tertiary/aromatic N) is 2. The maximum absolute atomic E-state index is 9.07. The monoisotopic (exact) mass is 234 g/mol. The molecule has 92 valence electrons. The second kappa shape index (κ2) is 4.73. The van der Waals surface area contributed by atoms with Crippen LogP contribution in [0.25, 0.3) is 11.0 Å². The molecule has 2 rings (SSSR count). The summed E-state index contributed by atoms with van der Waals surface area (Å²) in [5, 5.41) is 9.07.